The third kappa shape index (κ3) is 4.41. The lowest BCUT2D eigenvalue weighted by Gasteiger charge is -2.20. The highest BCUT2D eigenvalue weighted by atomic mass is 32.2. The molecule has 0 saturated heterocycles. The Bertz CT molecular complexity index is 1100. The van der Waals surface area contributed by atoms with Gasteiger partial charge in [0, 0.05) is 16.7 Å². The van der Waals surface area contributed by atoms with E-state index in [4.69, 9.17) is 4.98 Å². The lowest BCUT2D eigenvalue weighted by atomic mass is 10.0. The van der Waals surface area contributed by atoms with E-state index < -0.39 is 9.84 Å². The van der Waals surface area contributed by atoms with E-state index in [2.05, 4.69) is 0 Å². The van der Waals surface area contributed by atoms with Crippen molar-refractivity contribution in [3.63, 3.8) is 0 Å². The van der Waals surface area contributed by atoms with Crippen LogP contribution in [0.25, 0.3) is 0 Å². The maximum atomic E-state index is 13.4. The average molecular weight is 427 g/mol. The molecule has 0 N–H and O–H groups in total. The van der Waals surface area contributed by atoms with Crippen molar-refractivity contribution in [2.45, 2.75) is 37.1 Å². The van der Waals surface area contributed by atoms with Gasteiger partial charge in [0.15, 0.2) is 15.0 Å². The molecule has 0 radical (unpaired) electrons. The van der Waals surface area contributed by atoms with Gasteiger partial charge < -0.3 is 0 Å². The van der Waals surface area contributed by atoms with Crippen molar-refractivity contribution in [3.8, 4) is 0 Å². The van der Waals surface area contributed by atoms with Crippen LogP contribution in [0.4, 0.5) is 5.13 Å². The zero-order chi connectivity index (χ0) is 20.4. The molecule has 0 fully saturated rings. The fourth-order valence-corrected chi connectivity index (χ4v) is 5.22. The number of fused-ring (bicyclic) bond motifs is 1. The molecule has 7 heteroatoms. The minimum Gasteiger partial charge on any atom is -0.279 e. The second kappa shape index (κ2) is 8.08. The van der Waals surface area contributed by atoms with E-state index in [1.807, 2.05) is 30.3 Å². The summed E-state index contributed by atoms with van der Waals surface area (Å²) in [6.07, 6.45) is 5.43. The van der Waals surface area contributed by atoms with Crippen LogP contribution in [0.5, 0.6) is 0 Å². The molecule has 0 unspecified atom stereocenters. The zero-order valence-corrected chi connectivity index (χ0v) is 17.8. The molecule has 150 valence electrons. The summed E-state index contributed by atoms with van der Waals surface area (Å²) in [5, 5.41) is 0.706. The van der Waals surface area contributed by atoms with Crippen LogP contribution in [-0.4, -0.2) is 25.6 Å². The second-order valence-corrected chi connectivity index (χ2v) is 10.3. The Kier molecular flexibility index (Phi) is 5.52. The van der Waals surface area contributed by atoms with Gasteiger partial charge >= 0.3 is 0 Å². The Morgan fingerprint density at radius 1 is 1.03 bits per heavy atom. The van der Waals surface area contributed by atoms with Crippen molar-refractivity contribution >= 4 is 32.2 Å². The summed E-state index contributed by atoms with van der Waals surface area (Å²) in [4.78, 5) is 21.3. The van der Waals surface area contributed by atoms with Gasteiger partial charge in [-0.1, -0.05) is 30.3 Å². The summed E-state index contributed by atoms with van der Waals surface area (Å²) in [6, 6.07) is 15.9. The predicted octanol–water partition coefficient (Wildman–Crippen LogP) is 4.27. The van der Waals surface area contributed by atoms with Gasteiger partial charge in [0.2, 0.25) is 0 Å². The standard InChI is InChI=1S/C22H22N2O3S2/c1-29(26,27)18-13-11-17(12-14-18)21(25)24(15-16-7-3-2-4-8-16)22-23-19-9-5-6-10-20(19)28-22/h2-4,7-8,11-14H,5-6,9-10,15H2,1H3. The van der Waals surface area contributed by atoms with Gasteiger partial charge in [0.1, 0.15) is 0 Å². The van der Waals surface area contributed by atoms with E-state index in [1.165, 1.54) is 17.0 Å². The number of carbonyl (C=O) groups excluding carboxylic acids is 1. The number of aromatic nitrogens is 1. The van der Waals surface area contributed by atoms with E-state index >= 15 is 0 Å². The number of rotatable bonds is 5. The van der Waals surface area contributed by atoms with Gasteiger partial charge in [-0.15, -0.1) is 11.3 Å². The molecule has 0 aliphatic heterocycles. The van der Waals surface area contributed by atoms with Crippen LogP contribution in [0.1, 0.15) is 39.3 Å². The van der Waals surface area contributed by atoms with Crippen molar-refractivity contribution in [1.82, 2.24) is 4.98 Å². The predicted molar refractivity (Wildman–Crippen MR) is 115 cm³/mol. The van der Waals surface area contributed by atoms with Crippen LogP contribution in [0.2, 0.25) is 0 Å². The van der Waals surface area contributed by atoms with Gasteiger partial charge in [0.25, 0.3) is 5.91 Å². The largest absolute Gasteiger partial charge is 0.279 e. The van der Waals surface area contributed by atoms with Crippen LogP contribution in [0.3, 0.4) is 0 Å². The van der Waals surface area contributed by atoms with Gasteiger partial charge in [-0.2, -0.15) is 0 Å². The topological polar surface area (TPSA) is 67.3 Å². The lowest BCUT2D eigenvalue weighted by molar-refractivity contribution is 0.0985. The molecule has 1 aliphatic carbocycles. The van der Waals surface area contributed by atoms with Crippen LogP contribution in [0, 0.1) is 0 Å². The second-order valence-electron chi connectivity index (χ2n) is 7.25. The molecule has 0 atom stereocenters. The fraction of sp³-hybridized carbons (Fsp3) is 0.273. The minimum absolute atomic E-state index is 0.181. The summed E-state index contributed by atoms with van der Waals surface area (Å²) < 4.78 is 23.4. The van der Waals surface area contributed by atoms with E-state index in [1.54, 1.807) is 28.4 Å². The molecule has 3 aromatic rings. The molecule has 5 nitrogen and oxygen atoms in total. The van der Waals surface area contributed by atoms with E-state index in [0.29, 0.717) is 17.2 Å². The Hall–Kier alpha value is -2.51. The highest BCUT2D eigenvalue weighted by molar-refractivity contribution is 7.90. The molecule has 29 heavy (non-hydrogen) atoms. The van der Waals surface area contributed by atoms with Gasteiger partial charge in [-0.05, 0) is 55.5 Å². The first-order valence-corrected chi connectivity index (χ1v) is 12.3. The van der Waals surface area contributed by atoms with Crippen molar-refractivity contribution in [2.75, 3.05) is 11.2 Å². The molecule has 0 saturated carbocycles. The molecule has 1 aromatic heterocycles. The van der Waals surface area contributed by atoms with Gasteiger partial charge in [-0.25, -0.2) is 13.4 Å². The zero-order valence-electron chi connectivity index (χ0n) is 16.2. The number of carbonyl (C=O) groups is 1. The van der Waals surface area contributed by atoms with Crippen molar-refractivity contribution < 1.29 is 13.2 Å². The SMILES string of the molecule is CS(=O)(=O)c1ccc(C(=O)N(Cc2ccccc2)c2nc3c(s2)CCCC3)cc1. The Balaban J connectivity index is 1.69. The average Bonchev–Trinajstić information content (AvgIpc) is 3.15. The number of aryl methyl sites for hydroxylation is 2. The third-order valence-corrected chi connectivity index (χ3v) is 7.33. The summed E-state index contributed by atoms with van der Waals surface area (Å²) in [5.74, 6) is -0.181. The highest BCUT2D eigenvalue weighted by Crippen LogP contribution is 2.33. The summed E-state index contributed by atoms with van der Waals surface area (Å²) in [7, 11) is -3.30. The summed E-state index contributed by atoms with van der Waals surface area (Å²) in [5.41, 5.74) is 2.57. The molecule has 0 spiro atoms. The first kappa shape index (κ1) is 19.8. The number of hydrogen-bond donors (Lipinski definition) is 0. The van der Waals surface area contributed by atoms with E-state index in [-0.39, 0.29) is 10.8 Å². The molecule has 1 aliphatic rings. The first-order chi connectivity index (χ1) is 13.9. The van der Waals surface area contributed by atoms with Crippen LogP contribution in [-0.2, 0) is 29.2 Å². The number of benzene rings is 2. The molecular formula is C22H22N2O3S2. The molecule has 4 rings (SSSR count). The van der Waals surface area contributed by atoms with Crippen LogP contribution >= 0.6 is 11.3 Å². The summed E-state index contributed by atoms with van der Waals surface area (Å²) >= 11 is 1.59. The van der Waals surface area contributed by atoms with Crippen LogP contribution < -0.4 is 4.90 Å². The summed E-state index contributed by atoms with van der Waals surface area (Å²) in [6.45, 7) is 0.417. The number of nitrogens with zero attached hydrogens (tertiary/aromatic N) is 2. The van der Waals surface area contributed by atoms with Gasteiger partial charge in [-0.3, -0.25) is 9.69 Å². The number of thiazole rings is 1. The first-order valence-electron chi connectivity index (χ1n) is 9.56. The molecule has 2 aromatic carbocycles. The number of anilines is 1. The highest BCUT2D eigenvalue weighted by Gasteiger charge is 2.24. The fourth-order valence-electron chi connectivity index (χ4n) is 3.45. The lowest BCUT2D eigenvalue weighted by Crippen LogP contribution is -2.30. The van der Waals surface area contributed by atoms with E-state index in [0.717, 1.165) is 43.2 Å². The number of hydrogen-bond acceptors (Lipinski definition) is 5. The maximum absolute atomic E-state index is 13.4. The van der Waals surface area contributed by atoms with E-state index in [9.17, 15) is 13.2 Å². The monoisotopic (exact) mass is 426 g/mol. The third-order valence-electron chi connectivity index (χ3n) is 5.02. The normalized spacial score (nSPS) is 13.7. The number of amides is 1. The Morgan fingerprint density at radius 3 is 2.38 bits per heavy atom. The molecule has 1 heterocycles. The smallest absolute Gasteiger partial charge is 0.260 e. The van der Waals surface area contributed by atoms with Crippen LogP contribution in [0.15, 0.2) is 59.5 Å². The Morgan fingerprint density at radius 2 is 1.72 bits per heavy atom. The Labute approximate surface area is 175 Å². The maximum Gasteiger partial charge on any atom is 0.260 e. The van der Waals surface area contributed by atoms with Crippen molar-refractivity contribution in [2.24, 2.45) is 0 Å². The minimum atomic E-state index is -3.30. The van der Waals surface area contributed by atoms with Gasteiger partial charge in [0.05, 0.1) is 17.1 Å². The van der Waals surface area contributed by atoms with Crippen molar-refractivity contribution in [3.05, 3.63) is 76.3 Å². The number of sulfone groups is 1. The molecule has 0 bridgehead atoms. The molecule has 1 amide bonds. The quantitative estimate of drug-likeness (QED) is 0.611. The van der Waals surface area contributed by atoms with Crippen molar-refractivity contribution in [1.29, 1.82) is 0 Å². The molecular weight excluding hydrogens is 404 g/mol.